The van der Waals surface area contributed by atoms with Crippen LogP contribution in [0.5, 0.6) is 0 Å². The van der Waals surface area contributed by atoms with E-state index in [0.717, 1.165) is 68.9 Å². The first-order valence-corrected chi connectivity index (χ1v) is 50.4. The van der Waals surface area contributed by atoms with Crippen LogP contribution in [0.3, 0.4) is 0 Å². The summed E-state index contributed by atoms with van der Waals surface area (Å²) in [6, 6.07) is 42.4. The number of carbonyl (C=O) groups excluding carboxylic acids is 2. The van der Waals surface area contributed by atoms with Gasteiger partial charge in [-0.15, -0.1) is 0 Å². The third-order valence-electron chi connectivity index (χ3n) is 12.4. The number of carbonyl (C=O) groups is 2. The molecule has 63 heavy (non-hydrogen) atoms. The van der Waals surface area contributed by atoms with E-state index < -0.39 is 39.0 Å². The van der Waals surface area contributed by atoms with Gasteiger partial charge in [-0.1, -0.05) is 0 Å². The third-order valence-corrected chi connectivity index (χ3v) is 179. The molecule has 0 aromatic heterocycles. The van der Waals surface area contributed by atoms with Gasteiger partial charge in [-0.05, 0) is 0 Å². The second-order valence-corrected chi connectivity index (χ2v) is 95.6. The number of ketones is 2. The molecule has 0 aliphatic heterocycles. The van der Waals surface area contributed by atoms with Crippen molar-refractivity contribution < 1.29 is 17.9 Å². The predicted octanol–water partition coefficient (Wildman–Crippen LogP) is 17.5. The topological polar surface area (TPSA) is 34.1 Å². The molecular weight excluding hydrogens is 1070 g/mol. The van der Waals surface area contributed by atoms with Gasteiger partial charge in [0.15, 0.2) is 0 Å². The zero-order chi connectivity index (χ0) is 45.2. The van der Waals surface area contributed by atoms with Gasteiger partial charge in [-0.3, -0.25) is 0 Å². The van der Waals surface area contributed by atoms with Gasteiger partial charge in [-0.2, -0.15) is 0 Å². The molecule has 0 unspecified atom stereocenters. The average Bonchev–Trinajstić information content (AvgIpc) is 3.33. The number of hydrogen-bond donors (Lipinski definition) is 0. The van der Waals surface area contributed by atoms with Gasteiger partial charge >= 0.3 is 393 Å². The van der Waals surface area contributed by atoms with E-state index in [2.05, 4.69) is 175 Å². The zero-order valence-electron chi connectivity index (χ0n) is 39.9. The van der Waals surface area contributed by atoms with Gasteiger partial charge in [-0.25, -0.2) is 0 Å². The first kappa shape index (κ1) is 53.1. The fraction of sp³-hybridized carbons (Fsp3) is 0.414. The Morgan fingerprint density at radius 3 is 0.857 bits per heavy atom. The third kappa shape index (κ3) is 14.7. The Kier molecular flexibility index (Phi) is 24.6. The number of unbranched alkanes of at least 4 members (excludes halogenated alkanes) is 6. The van der Waals surface area contributed by atoms with Gasteiger partial charge in [0.2, 0.25) is 0 Å². The Morgan fingerprint density at radius 1 is 0.381 bits per heavy atom. The predicted molar refractivity (Wildman–Crippen MR) is 280 cm³/mol. The molecule has 0 atom stereocenters. The van der Waals surface area contributed by atoms with Crippen molar-refractivity contribution in [3.05, 3.63) is 164 Å². The van der Waals surface area contributed by atoms with Crippen LogP contribution in [0.2, 0.25) is 26.6 Å². The molecule has 0 fully saturated rings. The van der Waals surface area contributed by atoms with Crippen molar-refractivity contribution in [1.82, 2.24) is 0 Å². The minimum atomic E-state index is -3.84. The van der Waals surface area contributed by atoms with Crippen molar-refractivity contribution >= 4 is 66.5 Å². The Labute approximate surface area is 389 Å². The summed E-state index contributed by atoms with van der Waals surface area (Å²) < 4.78 is 9.89. The van der Waals surface area contributed by atoms with Crippen molar-refractivity contribution in [3.8, 4) is 0 Å². The minimum absolute atomic E-state index is 0.176. The molecule has 0 aliphatic carbocycles. The summed E-state index contributed by atoms with van der Waals surface area (Å²) in [5, 5.41) is 0. The summed E-state index contributed by atoms with van der Waals surface area (Å²) in [5.74, 6) is 0.351. The molecule has 4 aromatic rings. The van der Waals surface area contributed by atoms with Crippen LogP contribution >= 0.6 is 0 Å². The summed E-state index contributed by atoms with van der Waals surface area (Å²) >= 11 is -7.69. The van der Waals surface area contributed by atoms with Gasteiger partial charge in [0.05, 0.1) is 0 Å². The van der Waals surface area contributed by atoms with Crippen LogP contribution in [0.4, 0.5) is 0 Å². The number of rotatable bonds is 30. The summed E-state index contributed by atoms with van der Waals surface area (Å²) in [4.78, 5) is 32.9. The molecule has 0 saturated carbocycles. The summed E-state index contributed by atoms with van der Waals surface area (Å²) in [5.41, 5.74) is 4.28. The normalized spacial score (nSPS) is 13.2. The summed E-state index contributed by atoms with van der Waals surface area (Å²) in [6.45, 7) is 14.3. The van der Waals surface area contributed by atoms with E-state index in [1.165, 1.54) is 65.1 Å². The molecule has 4 aromatic carbocycles. The van der Waals surface area contributed by atoms with Crippen molar-refractivity contribution in [2.24, 2.45) is 0 Å². The average molecular weight is 1150 g/mol. The number of benzene rings is 4. The maximum absolute atomic E-state index is 16.5. The second-order valence-electron chi connectivity index (χ2n) is 17.2. The fourth-order valence-corrected chi connectivity index (χ4v) is 256. The molecule has 342 valence electrons. The molecular formula is C58H80O2PdSn2. The zero-order valence-corrected chi connectivity index (χ0v) is 47.1. The van der Waals surface area contributed by atoms with E-state index in [-0.39, 0.29) is 11.6 Å². The monoisotopic (exact) mass is 1150 g/mol. The van der Waals surface area contributed by atoms with Crippen LogP contribution in [0.1, 0.15) is 141 Å². The molecule has 0 N–H and O–H groups in total. The summed E-state index contributed by atoms with van der Waals surface area (Å²) in [6.07, 6.45) is 26.9. The SMILES string of the molecule is CCC[CH2][Sn]([CH2]CCC)([CH2]CCC)[Pd]([C](=Cc1ccccc1)C(=O)C=Cc1ccccc1)([C](=Cc1ccccc1)C(=O)C=Cc1ccccc1)[Sn]([CH2]CCC)([CH2]CCC)[CH2]CCC. The Bertz CT molecular complexity index is 1840. The van der Waals surface area contributed by atoms with E-state index in [0.29, 0.717) is 0 Å². The van der Waals surface area contributed by atoms with Crippen LogP contribution in [0.25, 0.3) is 24.3 Å². The molecule has 0 aliphatic rings. The molecule has 0 heterocycles. The van der Waals surface area contributed by atoms with E-state index in [9.17, 15) is 0 Å². The van der Waals surface area contributed by atoms with Crippen LogP contribution in [0.15, 0.2) is 142 Å². The van der Waals surface area contributed by atoms with Crippen molar-refractivity contribution in [3.63, 3.8) is 0 Å². The molecule has 0 radical (unpaired) electrons. The van der Waals surface area contributed by atoms with E-state index in [4.69, 9.17) is 0 Å². The van der Waals surface area contributed by atoms with Crippen LogP contribution in [-0.4, -0.2) is 42.2 Å². The van der Waals surface area contributed by atoms with E-state index in [1.54, 1.807) is 0 Å². The summed E-state index contributed by atoms with van der Waals surface area (Å²) in [7, 11) is -3.48. The first-order chi connectivity index (χ1) is 30.8. The maximum atomic E-state index is 16.5. The first-order valence-electron chi connectivity index (χ1n) is 24.5. The van der Waals surface area contributed by atoms with Gasteiger partial charge in [0.25, 0.3) is 0 Å². The Balaban J connectivity index is 2.47. The molecule has 5 heteroatoms. The van der Waals surface area contributed by atoms with E-state index >= 15 is 9.59 Å². The second kappa shape index (κ2) is 29.2. The molecule has 2 nitrogen and oxygen atoms in total. The molecule has 4 rings (SSSR count). The Hall–Kier alpha value is -2.56. The fourth-order valence-electron chi connectivity index (χ4n) is 9.03. The van der Waals surface area contributed by atoms with Crippen LogP contribution in [0, 0.1) is 0 Å². The van der Waals surface area contributed by atoms with Gasteiger partial charge < -0.3 is 0 Å². The van der Waals surface area contributed by atoms with Crippen molar-refractivity contribution in [2.45, 2.75) is 145 Å². The van der Waals surface area contributed by atoms with Crippen molar-refractivity contribution in [1.29, 1.82) is 0 Å². The van der Waals surface area contributed by atoms with Crippen molar-refractivity contribution in [2.75, 3.05) is 0 Å². The molecule has 0 saturated heterocycles. The van der Waals surface area contributed by atoms with Gasteiger partial charge in [0, 0.05) is 0 Å². The number of hydrogen-bond acceptors (Lipinski definition) is 2. The molecule has 0 amide bonds. The molecule has 0 bridgehead atoms. The quantitative estimate of drug-likeness (QED) is 0.0385. The standard InChI is InChI=1S/2C17H13O.6C4H9.Pd.2Sn/c2*18-17(13-11-15-7-3-1-4-8-15)14-12-16-9-5-2-6-10-16;6*1-3-4-2;;;/h2*1-13H;6*1,3-4H2,2H3;;;. The van der Waals surface area contributed by atoms with Crippen LogP contribution in [-0.2, 0) is 17.9 Å². The molecule has 0 spiro atoms. The Morgan fingerprint density at radius 2 is 0.619 bits per heavy atom. The van der Waals surface area contributed by atoms with Gasteiger partial charge in [0.1, 0.15) is 0 Å². The van der Waals surface area contributed by atoms with E-state index in [1.807, 2.05) is 24.3 Å². The number of allylic oxidation sites excluding steroid dienone is 4. The van der Waals surface area contributed by atoms with Crippen LogP contribution < -0.4 is 0 Å².